The second kappa shape index (κ2) is 20.7. The van der Waals surface area contributed by atoms with Gasteiger partial charge in [0.2, 0.25) is 0 Å². The molecule has 0 saturated heterocycles. The van der Waals surface area contributed by atoms with Crippen LogP contribution in [0.4, 0.5) is 0 Å². The van der Waals surface area contributed by atoms with Gasteiger partial charge in [0.1, 0.15) is 13.1 Å². The number of amidine groups is 1. The molecule has 0 radical (unpaired) electrons. The van der Waals surface area contributed by atoms with Crippen molar-refractivity contribution in [2.45, 2.75) is 110 Å². The molecule has 1 heterocycles. The molecule has 0 aromatic heterocycles. The zero-order valence-corrected chi connectivity index (χ0v) is 21.3. The number of carbonyl (C=O) groups is 1. The summed E-state index contributed by atoms with van der Waals surface area (Å²) in [5.41, 5.74) is 0. The summed E-state index contributed by atoms with van der Waals surface area (Å²) in [6.07, 6.45) is 24.1. The van der Waals surface area contributed by atoms with Crippen LogP contribution < -0.4 is 12.4 Å². The van der Waals surface area contributed by atoms with E-state index in [1.807, 2.05) is 0 Å². The molecular formula is C26H49ClN2O3. The van der Waals surface area contributed by atoms with Crippen molar-refractivity contribution < 1.29 is 31.9 Å². The molecule has 0 saturated carbocycles. The van der Waals surface area contributed by atoms with Crippen LogP contribution in [0.5, 0.6) is 0 Å². The van der Waals surface area contributed by atoms with Crippen LogP contribution in [0.1, 0.15) is 110 Å². The minimum absolute atomic E-state index is 0. The molecule has 1 atom stereocenters. The highest BCUT2D eigenvalue weighted by atomic mass is 35.5. The van der Waals surface area contributed by atoms with Crippen molar-refractivity contribution in [2.24, 2.45) is 4.99 Å². The Bertz CT molecular complexity index is 525. The summed E-state index contributed by atoms with van der Waals surface area (Å²) in [5.74, 6) is 0.352. The van der Waals surface area contributed by atoms with E-state index in [0.717, 1.165) is 31.8 Å². The average Bonchev–Trinajstić information content (AvgIpc) is 3.15. The van der Waals surface area contributed by atoms with Crippen LogP contribution in [-0.4, -0.2) is 59.3 Å². The van der Waals surface area contributed by atoms with Gasteiger partial charge in [-0.25, -0.2) is 4.99 Å². The molecule has 0 aromatic rings. The van der Waals surface area contributed by atoms with Gasteiger partial charge >= 0.3 is 5.97 Å². The first-order chi connectivity index (χ1) is 15.1. The fourth-order valence-corrected chi connectivity index (χ4v) is 4.59. The van der Waals surface area contributed by atoms with Crippen molar-refractivity contribution in [3.8, 4) is 0 Å². The fraction of sp³-hybridized carbons (Fsp3) is 0.846. The number of carboxylic acids is 1. The molecule has 0 amide bonds. The Morgan fingerprint density at radius 1 is 0.906 bits per heavy atom. The van der Waals surface area contributed by atoms with E-state index in [0.29, 0.717) is 17.6 Å². The third kappa shape index (κ3) is 14.3. The lowest BCUT2D eigenvalue weighted by Crippen LogP contribution is -3.00. The summed E-state index contributed by atoms with van der Waals surface area (Å²) in [6, 6.07) is 0. The summed E-state index contributed by atoms with van der Waals surface area (Å²) in [4.78, 5) is 15.7. The lowest BCUT2D eigenvalue weighted by atomic mass is 10.1. The summed E-state index contributed by atoms with van der Waals surface area (Å²) in [5, 5.41) is 18.5. The maximum absolute atomic E-state index is 11.0. The minimum Gasteiger partial charge on any atom is -1.00 e. The number of aliphatic imine (C=N–C) groups is 1. The van der Waals surface area contributed by atoms with E-state index in [-0.39, 0.29) is 25.4 Å². The van der Waals surface area contributed by atoms with E-state index >= 15 is 0 Å². The number of hydrogen-bond donors (Lipinski definition) is 2. The van der Waals surface area contributed by atoms with Crippen molar-refractivity contribution >= 4 is 11.8 Å². The number of unbranched alkanes of at least 4 members (excludes halogenated alkanes) is 12. The molecule has 1 unspecified atom stereocenters. The molecule has 6 heteroatoms. The molecule has 2 N–H and O–H groups in total. The van der Waals surface area contributed by atoms with E-state index in [9.17, 15) is 9.90 Å². The van der Waals surface area contributed by atoms with Gasteiger partial charge in [-0.2, -0.15) is 0 Å². The Labute approximate surface area is 203 Å². The van der Waals surface area contributed by atoms with Crippen LogP contribution in [0.25, 0.3) is 0 Å². The van der Waals surface area contributed by atoms with Gasteiger partial charge in [0, 0.05) is 6.42 Å². The molecule has 1 rings (SSSR count). The third-order valence-corrected chi connectivity index (χ3v) is 6.56. The van der Waals surface area contributed by atoms with Crippen LogP contribution in [0.3, 0.4) is 0 Å². The molecule has 0 aliphatic carbocycles. The molecule has 5 nitrogen and oxygen atoms in total. The Balaban J connectivity index is 0.00000961. The molecular weight excluding hydrogens is 424 g/mol. The molecule has 1 aliphatic heterocycles. The maximum Gasteiger partial charge on any atom is 0.309 e. The topological polar surface area (TPSA) is 69.9 Å². The zero-order chi connectivity index (χ0) is 22.6. The van der Waals surface area contributed by atoms with E-state index in [2.05, 4.69) is 24.1 Å². The molecule has 1 aliphatic rings. The molecule has 32 heavy (non-hydrogen) atoms. The Morgan fingerprint density at radius 3 is 2.03 bits per heavy atom. The SMILES string of the molecule is CCCCCCCC/C=C\CCCCCCCCC1=NCC[N+]1(CCO)CCC(=O)O.[Cl-]. The van der Waals surface area contributed by atoms with E-state index in [4.69, 9.17) is 5.11 Å². The number of hydrogen-bond acceptors (Lipinski definition) is 3. The van der Waals surface area contributed by atoms with Gasteiger partial charge in [-0.15, -0.1) is 0 Å². The van der Waals surface area contributed by atoms with Crippen molar-refractivity contribution in [3.05, 3.63) is 12.2 Å². The van der Waals surface area contributed by atoms with Crippen molar-refractivity contribution in [3.63, 3.8) is 0 Å². The predicted octanol–water partition coefficient (Wildman–Crippen LogP) is 3.11. The number of aliphatic hydroxyl groups is 1. The van der Waals surface area contributed by atoms with Crippen LogP contribution in [0.2, 0.25) is 0 Å². The largest absolute Gasteiger partial charge is 1.00 e. The Hall–Kier alpha value is -0.910. The number of quaternary nitrogens is 1. The lowest BCUT2D eigenvalue weighted by molar-refractivity contribution is -0.836. The lowest BCUT2D eigenvalue weighted by Gasteiger charge is -2.34. The first-order valence-corrected chi connectivity index (χ1v) is 13.0. The molecule has 0 spiro atoms. The van der Waals surface area contributed by atoms with Gasteiger partial charge in [0.25, 0.3) is 0 Å². The number of aliphatic hydroxyl groups excluding tert-OH is 1. The third-order valence-electron chi connectivity index (χ3n) is 6.56. The predicted molar refractivity (Wildman–Crippen MR) is 131 cm³/mol. The van der Waals surface area contributed by atoms with Crippen LogP contribution in [0.15, 0.2) is 17.1 Å². The van der Waals surface area contributed by atoms with Gasteiger partial charge in [-0.3, -0.25) is 9.28 Å². The number of allylic oxidation sites excluding steroid dienone is 2. The van der Waals surface area contributed by atoms with Gasteiger partial charge < -0.3 is 22.6 Å². The monoisotopic (exact) mass is 472 g/mol. The Morgan fingerprint density at radius 2 is 1.47 bits per heavy atom. The smallest absolute Gasteiger partial charge is 0.309 e. The maximum atomic E-state index is 11.0. The second-order valence-corrected chi connectivity index (χ2v) is 9.17. The van der Waals surface area contributed by atoms with Crippen LogP contribution in [0, 0.1) is 0 Å². The summed E-state index contributed by atoms with van der Waals surface area (Å²) < 4.78 is 0.591. The first kappa shape index (κ1) is 31.1. The van der Waals surface area contributed by atoms with E-state index < -0.39 is 5.97 Å². The van der Waals surface area contributed by atoms with Crippen molar-refractivity contribution in [1.29, 1.82) is 0 Å². The highest BCUT2D eigenvalue weighted by molar-refractivity contribution is 5.77. The molecule has 0 aromatic carbocycles. The van der Waals surface area contributed by atoms with Crippen LogP contribution in [-0.2, 0) is 4.79 Å². The summed E-state index contributed by atoms with van der Waals surface area (Å²) in [7, 11) is 0. The summed E-state index contributed by atoms with van der Waals surface area (Å²) in [6.45, 7) is 5.12. The van der Waals surface area contributed by atoms with Crippen molar-refractivity contribution in [1.82, 2.24) is 0 Å². The van der Waals surface area contributed by atoms with Gasteiger partial charge in [0.15, 0.2) is 5.84 Å². The number of carboxylic acid groups (broad SMARTS) is 1. The highest BCUT2D eigenvalue weighted by Gasteiger charge is 2.37. The number of aliphatic carboxylic acids is 1. The number of halogens is 1. The quantitative estimate of drug-likeness (QED) is 0.153. The molecule has 0 bridgehead atoms. The van der Waals surface area contributed by atoms with Crippen molar-refractivity contribution in [2.75, 3.05) is 32.8 Å². The summed E-state index contributed by atoms with van der Waals surface area (Å²) >= 11 is 0. The number of rotatable bonds is 21. The van der Waals surface area contributed by atoms with Crippen LogP contribution >= 0.6 is 0 Å². The minimum atomic E-state index is -0.765. The first-order valence-electron chi connectivity index (χ1n) is 13.0. The van der Waals surface area contributed by atoms with E-state index in [1.54, 1.807) is 0 Å². The van der Waals surface area contributed by atoms with Gasteiger partial charge in [-0.1, -0.05) is 76.9 Å². The Kier molecular flexibility index (Phi) is 20.1. The van der Waals surface area contributed by atoms with Gasteiger partial charge in [-0.05, 0) is 32.1 Å². The fourth-order valence-electron chi connectivity index (χ4n) is 4.59. The van der Waals surface area contributed by atoms with E-state index in [1.165, 1.54) is 83.5 Å². The normalized spacial score (nSPS) is 18.1. The second-order valence-electron chi connectivity index (χ2n) is 9.17. The molecule has 188 valence electrons. The highest BCUT2D eigenvalue weighted by Crippen LogP contribution is 2.21. The average molecular weight is 473 g/mol. The number of nitrogens with zero attached hydrogens (tertiary/aromatic N) is 2. The molecule has 0 fully saturated rings. The van der Waals surface area contributed by atoms with Gasteiger partial charge in [0.05, 0.1) is 26.1 Å². The standard InChI is InChI=1S/C26H48N2O3.ClH/c1-2-3-4-5-6-7-8-9-10-11-12-13-14-15-16-17-18-25-27-20-22-28(25,23-24-29)21-19-26(30)31;/h9-10,29H,2-8,11-24H2,1H3;1H/b10-9-;. The zero-order valence-electron chi connectivity index (χ0n) is 20.6.